The second-order valence-electron chi connectivity index (χ2n) is 5.94. The predicted octanol–water partition coefficient (Wildman–Crippen LogP) is 4.52. The zero-order chi connectivity index (χ0) is 17.5. The van der Waals surface area contributed by atoms with Crippen LogP contribution in [0.5, 0.6) is 0 Å². The molecule has 2 rings (SSSR count). The molecular formula is C19H26ClN3O. The van der Waals surface area contributed by atoms with Crippen LogP contribution in [0.15, 0.2) is 42.6 Å². The third-order valence-electron chi connectivity index (χ3n) is 4.27. The maximum Gasteiger partial charge on any atom is 0.317 e. The first-order valence-electron chi connectivity index (χ1n) is 8.48. The van der Waals surface area contributed by atoms with E-state index in [1.807, 2.05) is 48.4 Å². The van der Waals surface area contributed by atoms with Crippen molar-refractivity contribution in [2.24, 2.45) is 0 Å². The number of nitrogens with zero attached hydrogens (tertiary/aromatic N) is 2. The number of aromatic nitrogens is 1. The Bertz CT molecular complexity index is 668. The number of carbonyl (C=O) groups is 1. The van der Waals surface area contributed by atoms with Gasteiger partial charge in [-0.25, -0.2) is 4.79 Å². The highest BCUT2D eigenvalue weighted by Gasteiger charge is 2.20. The van der Waals surface area contributed by atoms with Crippen LogP contribution in [0, 0.1) is 0 Å². The summed E-state index contributed by atoms with van der Waals surface area (Å²) in [5.74, 6) is 0. The molecule has 0 unspecified atom stereocenters. The Hall–Kier alpha value is -1.94. The van der Waals surface area contributed by atoms with Crippen molar-refractivity contribution in [1.82, 2.24) is 14.8 Å². The predicted molar refractivity (Wildman–Crippen MR) is 99.4 cm³/mol. The van der Waals surface area contributed by atoms with E-state index >= 15 is 0 Å². The highest BCUT2D eigenvalue weighted by atomic mass is 35.5. The summed E-state index contributed by atoms with van der Waals surface area (Å²) in [6, 6.07) is 12.1. The topological polar surface area (TPSA) is 37.3 Å². The number of amides is 2. The fourth-order valence-electron chi connectivity index (χ4n) is 2.63. The standard InChI is InChI=1S/C19H26ClN3O/c1-4-15(3)23(19(24)21-5-2)14-17-10-8-12-22(17)13-16-9-6-7-11-18(16)20/h6-12,15H,4-5,13-14H2,1-3H3,(H,21,24)/t15-/m0/s1. The van der Waals surface area contributed by atoms with Gasteiger partial charge in [0.15, 0.2) is 0 Å². The summed E-state index contributed by atoms with van der Waals surface area (Å²) >= 11 is 6.28. The molecule has 0 saturated carbocycles. The summed E-state index contributed by atoms with van der Waals surface area (Å²) < 4.78 is 2.15. The molecule has 0 aliphatic carbocycles. The van der Waals surface area contributed by atoms with Gasteiger partial charge in [0.2, 0.25) is 0 Å². The van der Waals surface area contributed by atoms with Gasteiger partial charge in [0.1, 0.15) is 0 Å². The third kappa shape index (κ3) is 4.54. The number of urea groups is 1. The van der Waals surface area contributed by atoms with Crippen LogP contribution in [0.4, 0.5) is 4.79 Å². The Balaban J connectivity index is 2.18. The van der Waals surface area contributed by atoms with Crippen molar-refractivity contribution >= 4 is 17.6 Å². The van der Waals surface area contributed by atoms with Gasteiger partial charge in [-0.05, 0) is 44.0 Å². The summed E-state index contributed by atoms with van der Waals surface area (Å²) in [6.45, 7) is 8.03. The van der Waals surface area contributed by atoms with Crippen LogP contribution in [0.2, 0.25) is 5.02 Å². The molecule has 1 heterocycles. The molecule has 0 saturated heterocycles. The van der Waals surface area contributed by atoms with Crippen LogP contribution in [-0.4, -0.2) is 28.1 Å². The molecule has 0 radical (unpaired) electrons. The van der Waals surface area contributed by atoms with Crippen molar-refractivity contribution in [3.05, 3.63) is 58.9 Å². The maximum atomic E-state index is 12.4. The average molecular weight is 348 g/mol. The molecule has 24 heavy (non-hydrogen) atoms. The number of benzene rings is 1. The Morgan fingerprint density at radius 3 is 2.67 bits per heavy atom. The SMILES string of the molecule is CCNC(=O)N(Cc1cccn1Cc1ccccc1Cl)[C@@H](C)CC. The van der Waals surface area contributed by atoms with Gasteiger partial charge in [0.05, 0.1) is 6.54 Å². The Morgan fingerprint density at radius 1 is 1.25 bits per heavy atom. The normalized spacial score (nSPS) is 12.0. The molecule has 1 atom stereocenters. The molecule has 2 amide bonds. The zero-order valence-electron chi connectivity index (χ0n) is 14.6. The lowest BCUT2D eigenvalue weighted by atomic mass is 10.2. The lowest BCUT2D eigenvalue weighted by Crippen LogP contribution is -2.44. The first-order valence-corrected chi connectivity index (χ1v) is 8.86. The number of rotatable bonds is 7. The zero-order valence-corrected chi connectivity index (χ0v) is 15.4. The quantitative estimate of drug-likeness (QED) is 0.785. The van der Waals surface area contributed by atoms with Crippen LogP contribution in [-0.2, 0) is 13.1 Å². The Labute approximate surface area is 149 Å². The van der Waals surface area contributed by atoms with Crippen LogP contribution in [0.25, 0.3) is 0 Å². The molecule has 0 aliphatic rings. The molecule has 0 bridgehead atoms. The van der Waals surface area contributed by atoms with Crippen molar-refractivity contribution in [3.8, 4) is 0 Å². The van der Waals surface area contributed by atoms with Gasteiger partial charge in [-0.3, -0.25) is 0 Å². The monoisotopic (exact) mass is 347 g/mol. The number of nitrogens with one attached hydrogen (secondary N) is 1. The van der Waals surface area contributed by atoms with Crippen molar-refractivity contribution in [1.29, 1.82) is 0 Å². The van der Waals surface area contributed by atoms with E-state index in [-0.39, 0.29) is 12.1 Å². The summed E-state index contributed by atoms with van der Waals surface area (Å²) in [5.41, 5.74) is 2.17. The van der Waals surface area contributed by atoms with Gasteiger partial charge in [-0.1, -0.05) is 36.7 Å². The minimum Gasteiger partial charge on any atom is -0.345 e. The molecule has 0 spiro atoms. The number of carbonyl (C=O) groups excluding carboxylic acids is 1. The van der Waals surface area contributed by atoms with Gasteiger partial charge < -0.3 is 14.8 Å². The second kappa shape index (κ2) is 8.78. The molecule has 1 aromatic heterocycles. The lowest BCUT2D eigenvalue weighted by molar-refractivity contribution is 0.172. The highest BCUT2D eigenvalue weighted by molar-refractivity contribution is 6.31. The lowest BCUT2D eigenvalue weighted by Gasteiger charge is -2.29. The van der Waals surface area contributed by atoms with Crippen LogP contribution in [0.3, 0.4) is 0 Å². The molecule has 0 fully saturated rings. The molecule has 2 aromatic rings. The molecule has 1 aromatic carbocycles. The fraction of sp³-hybridized carbons (Fsp3) is 0.421. The highest BCUT2D eigenvalue weighted by Crippen LogP contribution is 2.19. The maximum absolute atomic E-state index is 12.4. The van der Waals surface area contributed by atoms with E-state index in [9.17, 15) is 4.79 Å². The van der Waals surface area contributed by atoms with E-state index in [1.54, 1.807) is 0 Å². The molecule has 1 N–H and O–H groups in total. The minimum atomic E-state index is -0.0163. The molecule has 130 valence electrons. The fourth-order valence-corrected chi connectivity index (χ4v) is 2.83. The van der Waals surface area contributed by atoms with Crippen molar-refractivity contribution in [2.45, 2.75) is 46.3 Å². The van der Waals surface area contributed by atoms with Gasteiger partial charge in [0, 0.05) is 36.0 Å². The van der Waals surface area contributed by atoms with Gasteiger partial charge >= 0.3 is 6.03 Å². The summed E-state index contributed by atoms with van der Waals surface area (Å²) in [6.07, 6.45) is 2.95. The first kappa shape index (κ1) is 18.4. The van der Waals surface area contributed by atoms with Crippen LogP contribution < -0.4 is 5.32 Å². The van der Waals surface area contributed by atoms with Crippen molar-refractivity contribution in [2.75, 3.05) is 6.54 Å². The smallest absolute Gasteiger partial charge is 0.317 e. The number of hydrogen-bond donors (Lipinski definition) is 1. The van der Waals surface area contributed by atoms with E-state index in [4.69, 9.17) is 11.6 Å². The third-order valence-corrected chi connectivity index (χ3v) is 4.63. The van der Waals surface area contributed by atoms with E-state index in [1.165, 1.54) is 0 Å². The summed E-state index contributed by atoms with van der Waals surface area (Å²) in [4.78, 5) is 14.3. The molecule has 0 aliphatic heterocycles. The largest absolute Gasteiger partial charge is 0.345 e. The van der Waals surface area contributed by atoms with Gasteiger partial charge in [0.25, 0.3) is 0 Å². The van der Waals surface area contributed by atoms with Crippen LogP contribution in [0.1, 0.15) is 38.4 Å². The van der Waals surface area contributed by atoms with Gasteiger partial charge in [-0.15, -0.1) is 0 Å². The van der Waals surface area contributed by atoms with E-state index < -0.39 is 0 Å². The average Bonchev–Trinajstić information content (AvgIpc) is 3.01. The number of halogens is 1. The molecule has 5 heteroatoms. The van der Waals surface area contributed by atoms with Gasteiger partial charge in [-0.2, -0.15) is 0 Å². The van der Waals surface area contributed by atoms with E-state index in [2.05, 4.69) is 29.8 Å². The van der Waals surface area contributed by atoms with E-state index in [0.29, 0.717) is 19.6 Å². The molecular weight excluding hydrogens is 322 g/mol. The van der Waals surface area contributed by atoms with Crippen LogP contribution >= 0.6 is 11.6 Å². The first-order chi connectivity index (χ1) is 11.6. The van der Waals surface area contributed by atoms with Crippen molar-refractivity contribution < 1.29 is 4.79 Å². The number of hydrogen-bond acceptors (Lipinski definition) is 1. The molecule has 4 nitrogen and oxygen atoms in total. The second-order valence-corrected chi connectivity index (χ2v) is 6.35. The summed E-state index contributed by atoms with van der Waals surface area (Å²) in [5, 5.41) is 3.67. The Morgan fingerprint density at radius 2 is 2.00 bits per heavy atom. The summed E-state index contributed by atoms with van der Waals surface area (Å²) in [7, 11) is 0. The van der Waals surface area contributed by atoms with Crippen molar-refractivity contribution in [3.63, 3.8) is 0 Å². The Kier molecular flexibility index (Phi) is 6.73. The minimum absolute atomic E-state index is 0.0163. The van der Waals surface area contributed by atoms with E-state index in [0.717, 1.165) is 22.7 Å².